The molecule has 0 bridgehead atoms. The van der Waals surface area contributed by atoms with Gasteiger partial charge in [0.05, 0.1) is 6.61 Å². The molecule has 0 amide bonds. The second kappa shape index (κ2) is 7.82. The van der Waals surface area contributed by atoms with Gasteiger partial charge >= 0.3 is 11.9 Å². The van der Waals surface area contributed by atoms with E-state index >= 15 is 0 Å². The predicted octanol–water partition coefficient (Wildman–Crippen LogP) is 3.18. The number of carbonyl (C=O) groups excluding carboxylic acids is 2. The minimum absolute atomic E-state index is 0.0796. The summed E-state index contributed by atoms with van der Waals surface area (Å²) in [5.74, 6) is -0.641. The molecule has 0 fully saturated rings. The molecule has 0 spiro atoms. The molecule has 1 atom stereocenters. The lowest BCUT2D eigenvalue weighted by molar-refractivity contribution is -0.138. The van der Waals surface area contributed by atoms with Crippen molar-refractivity contribution in [1.82, 2.24) is 15.0 Å². The Bertz CT molecular complexity index is 976. The van der Waals surface area contributed by atoms with Gasteiger partial charge in [0.15, 0.2) is 5.75 Å². The van der Waals surface area contributed by atoms with Gasteiger partial charge in [0, 0.05) is 18.9 Å². The molecule has 0 aliphatic rings. The van der Waals surface area contributed by atoms with Gasteiger partial charge < -0.3 is 9.47 Å². The molecule has 1 unspecified atom stereocenters. The van der Waals surface area contributed by atoms with Crippen LogP contribution < -0.4 is 4.74 Å². The largest absolute Gasteiger partial charge is 0.462 e. The number of carbonyl (C=O) groups is 2. The van der Waals surface area contributed by atoms with Crippen LogP contribution in [0, 0.1) is 0 Å². The fourth-order valence-electron chi connectivity index (χ4n) is 2.57. The third kappa shape index (κ3) is 4.20. The second-order valence-corrected chi connectivity index (χ2v) is 6.03. The third-order valence-electron chi connectivity index (χ3n) is 3.95. The molecule has 1 heterocycles. The molecule has 7 nitrogen and oxygen atoms in total. The van der Waals surface area contributed by atoms with Gasteiger partial charge in [-0.15, -0.1) is 15.0 Å². The molecule has 2 aromatic carbocycles. The van der Waals surface area contributed by atoms with Crippen molar-refractivity contribution in [2.75, 3.05) is 6.61 Å². The molecular weight excluding hydrogens is 346 g/mol. The first-order chi connectivity index (χ1) is 13.0. The molecule has 0 N–H and O–H groups in total. The fourth-order valence-corrected chi connectivity index (χ4v) is 2.57. The molecule has 138 valence electrons. The Labute approximate surface area is 156 Å². The average Bonchev–Trinajstić information content (AvgIpc) is 3.09. The topological polar surface area (TPSA) is 83.3 Å². The first-order valence-corrected chi connectivity index (χ1v) is 8.42. The van der Waals surface area contributed by atoms with Gasteiger partial charge in [-0.1, -0.05) is 31.7 Å². The Hall–Kier alpha value is -3.48. The first kappa shape index (κ1) is 18.3. The van der Waals surface area contributed by atoms with Crippen LogP contribution in [0.25, 0.3) is 16.7 Å². The van der Waals surface area contributed by atoms with E-state index in [1.54, 1.807) is 6.07 Å². The van der Waals surface area contributed by atoms with Crippen molar-refractivity contribution < 1.29 is 19.1 Å². The Balaban J connectivity index is 1.99. The van der Waals surface area contributed by atoms with Crippen LogP contribution in [0.4, 0.5) is 0 Å². The molecule has 1 aromatic heterocycles. The molecule has 0 aliphatic heterocycles. The van der Waals surface area contributed by atoms with Gasteiger partial charge in [0.2, 0.25) is 0 Å². The summed E-state index contributed by atoms with van der Waals surface area (Å²) in [5.41, 5.74) is 2.87. The number of esters is 2. The number of fused-ring (bicyclic) bond motifs is 1. The number of benzene rings is 2. The molecular formula is C20H19N3O4. The molecule has 0 aliphatic carbocycles. The van der Waals surface area contributed by atoms with E-state index in [1.807, 2.05) is 43.3 Å². The summed E-state index contributed by atoms with van der Waals surface area (Å²) >= 11 is 0. The summed E-state index contributed by atoms with van der Waals surface area (Å²) < 4.78 is 10.4. The zero-order valence-electron chi connectivity index (χ0n) is 15.1. The number of hydrogen-bond acceptors (Lipinski definition) is 6. The quantitative estimate of drug-likeness (QED) is 0.379. The van der Waals surface area contributed by atoms with E-state index in [2.05, 4.69) is 16.8 Å². The van der Waals surface area contributed by atoms with E-state index in [0.717, 1.165) is 22.7 Å². The van der Waals surface area contributed by atoms with E-state index in [1.165, 1.54) is 11.7 Å². The number of aromatic nitrogens is 3. The molecule has 0 radical (unpaired) electrons. The lowest BCUT2D eigenvalue weighted by atomic mass is 10.0. The molecule has 3 rings (SSSR count). The van der Waals surface area contributed by atoms with Gasteiger partial charge in [-0.05, 0) is 29.8 Å². The number of hydrogen-bond donors (Lipinski definition) is 0. The standard InChI is InChI=1S/C20H19N3O4/c1-4-20(25)26-12-13(2)15-9-10-19(27-14(3)24)18(11-15)23-21-16-7-5-6-8-17(16)22-23/h4-11,13H,1,12H2,2-3H3. The zero-order valence-corrected chi connectivity index (χ0v) is 15.1. The predicted molar refractivity (Wildman–Crippen MR) is 99.7 cm³/mol. The van der Waals surface area contributed by atoms with Crippen LogP contribution in [0.3, 0.4) is 0 Å². The third-order valence-corrected chi connectivity index (χ3v) is 3.95. The second-order valence-electron chi connectivity index (χ2n) is 6.03. The minimum Gasteiger partial charge on any atom is -0.462 e. The van der Waals surface area contributed by atoms with Crippen molar-refractivity contribution in [1.29, 1.82) is 0 Å². The highest BCUT2D eigenvalue weighted by Gasteiger charge is 2.16. The highest BCUT2D eigenvalue weighted by molar-refractivity contribution is 5.81. The maximum Gasteiger partial charge on any atom is 0.330 e. The van der Waals surface area contributed by atoms with Crippen molar-refractivity contribution in [3.05, 3.63) is 60.7 Å². The number of rotatable bonds is 6. The van der Waals surface area contributed by atoms with Crippen LogP contribution in [0.2, 0.25) is 0 Å². The van der Waals surface area contributed by atoms with Crippen LogP contribution in [0.1, 0.15) is 25.3 Å². The van der Waals surface area contributed by atoms with Crippen LogP contribution >= 0.6 is 0 Å². The van der Waals surface area contributed by atoms with Crippen LogP contribution in [-0.2, 0) is 14.3 Å². The van der Waals surface area contributed by atoms with Crippen molar-refractivity contribution in [3.8, 4) is 11.4 Å². The van der Waals surface area contributed by atoms with E-state index in [0.29, 0.717) is 11.4 Å². The summed E-state index contributed by atoms with van der Waals surface area (Å²) in [4.78, 5) is 24.2. The van der Waals surface area contributed by atoms with Gasteiger partial charge in [-0.2, -0.15) is 0 Å². The normalized spacial score (nSPS) is 11.8. The molecule has 7 heteroatoms. The summed E-state index contributed by atoms with van der Waals surface area (Å²) in [7, 11) is 0. The van der Waals surface area contributed by atoms with E-state index in [4.69, 9.17) is 9.47 Å². The van der Waals surface area contributed by atoms with E-state index in [9.17, 15) is 9.59 Å². The van der Waals surface area contributed by atoms with Crippen molar-refractivity contribution >= 4 is 23.0 Å². The van der Waals surface area contributed by atoms with Crippen LogP contribution in [0.15, 0.2) is 55.1 Å². The van der Waals surface area contributed by atoms with Gasteiger partial charge in [-0.25, -0.2) is 4.79 Å². The van der Waals surface area contributed by atoms with Crippen molar-refractivity contribution in [2.45, 2.75) is 19.8 Å². The molecule has 0 saturated carbocycles. The Morgan fingerprint density at radius 3 is 2.44 bits per heavy atom. The number of ether oxygens (including phenoxy) is 2. The van der Waals surface area contributed by atoms with E-state index in [-0.39, 0.29) is 12.5 Å². The summed E-state index contributed by atoms with van der Waals surface area (Å²) in [5, 5.41) is 8.91. The smallest absolute Gasteiger partial charge is 0.330 e. The first-order valence-electron chi connectivity index (χ1n) is 8.42. The van der Waals surface area contributed by atoms with Gasteiger partial charge in [0.25, 0.3) is 0 Å². The Kier molecular flexibility index (Phi) is 5.30. The summed E-state index contributed by atoms with van der Waals surface area (Å²) in [6.07, 6.45) is 1.13. The summed E-state index contributed by atoms with van der Waals surface area (Å²) in [6, 6.07) is 12.8. The number of nitrogens with zero attached hydrogens (tertiary/aromatic N) is 3. The Morgan fingerprint density at radius 2 is 1.85 bits per heavy atom. The minimum atomic E-state index is -0.474. The SMILES string of the molecule is C=CC(=O)OCC(C)c1ccc(OC(C)=O)c(-n2nc3ccccc3n2)c1. The maximum absolute atomic E-state index is 11.5. The molecule has 3 aromatic rings. The molecule has 27 heavy (non-hydrogen) atoms. The lowest BCUT2D eigenvalue weighted by Gasteiger charge is -2.15. The van der Waals surface area contributed by atoms with Crippen LogP contribution in [0.5, 0.6) is 5.75 Å². The summed E-state index contributed by atoms with van der Waals surface area (Å²) in [6.45, 7) is 6.84. The Morgan fingerprint density at radius 1 is 1.19 bits per heavy atom. The van der Waals surface area contributed by atoms with Gasteiger partial charge in [-0.3, -0.25) is 4.79 Å². The van der Waals surface area contributed by atoms with Crippen molar-refractivity contribution in [3.63, 3.8) is 0 Å². The highest BCUT2D eigenvalue weighted by Crippen LogP contribution is 2.28. The average molecular weight is 365 g/mol. The molecule has 0 saturated heterocycles. The monoisotopic (exact) mass is 365 g/mol. The van der Waals surface area contributed by atoms with Crippen LogP contribution in [-0.4, -0.2) is 33.5 Å². The highest BCUT2D eigenvalue weighted by atomic mass is 16.5. The van der Waals surface area contributed by atoms with Crippen molar-refractivity contribution in [2.24, 2.45) is 0 Å². The fraction of sp³-hybridized carbons (Fsp3) is 0.200. The van der Waals surface area contributed by atoms with Gasteiger partial charge in [0.1, 0.15) is 16.7 Å². The van der Waals surface area contributed by atoms with E-state index < -0.39 is 11.9 Å². The zero-order chi connectivity index (χ0) is 19.4. The maximum atomic E-state index is 11.5. The lowest BCUT2D eigenvalue weighted by Crippen LogP contribution is -2.11.